The van der Waals surface area contributed by atoms with Crippen molar-refractivity contribution >= 4 is 104 Å². The third-order valence-electron chi connectivity index (χ3n) is 14.4. The molecule has 14 rings (SSSR count). The fourth-order valence-electron chi connectivity index (χ4n) is 11.3. The molecule has 0 saturated carbocycles. The zero-order valence-corrected chi connectivity index (χ0v) is 36.8. The van der Waals surface area contributed by atoms with Crippen molar-refractivity contribution in [3.8, 4) is 38.5 Å². The van der Waals surface area contributed by atoms with E-state index in [4.69, 9.17) is 4.98 Å². The van der Waals surface area contributed by atoms with E-state index in [1.54, 1.807) is 11.3 Å². The monoisotopic (exact) mass is 829 g/mol. The van der Waals surface area contributed by atoms with Crippen molar-refractivity contribution in [3.63, 3.8) is 0 Å². The van der Waals surface area contributed by atoms with Gasteiger partial charge in [-0.15, -0.1) is 22.7 Å². The molecule has 0 fully saturated rings. The van der Waals surface area contributed by atoms with E-state index in [0.717, 1.165) is 16.1 Å². The van der Waals surface area contributed by atoms with Crippen molar-refractivity contribution in [2.75, 3.05) is 4.81 Å². The molecule has 62 heavy (non-hydrogen) atoms. The molecular formula is C56H40BN3S2. The second kappa shape index (κ2) is 11.9. The Balaban J connectivity index is 1.14. The molecule has 0 unspecified atom stereocenters. The van der Waals surface area contributed by atoms with Gasteiger partial charge in [-0.05, 0) is 104 Å². The first kappa shape index (κ1) is 35.2. The first-order valence-corrected chi connectivity index (χ1v) is 23.4. The number of aromatic nitrogens is 2. The van der Waals surface area contributed by atoms with Gasteiger partial charge in [-0.25, -0.2) is 4.98 Å². The van der Waals surface area contributed by atoms with Gasteiger partial charge in [0.1, 0.15) is 5.01 Å². The minimum Gasteiger partial charge on any atom is -0.376 e. The highest BCUT2D eigenvalue weighted by Crippen LogP contribution is 2.55. The van der Waals surface area contributed by atoms with Gasteiger partial charge in [-0.1, -0.05) is 132 Å². The van der Waals surface area contributed by atoms with E-state index in [-0.39, 0.29) is 17.7 Å². The minimum absolute atomic E-state index is 0.0390. The van der Waals surface area contributed by atoms with Gasteiger partial charge in [0.05, 0.1) is 21.3 Å². The van der Waals surface area contributed by atoms with Crippen molar-refractivity contribution in [1.29, 1.82) is 0 Å². The topological polar surface area (TPSA) is 21.1 Å². The highest BCUT2D eigenvalue weighted by Gasteiger charge is 2.46. The summed E-state index contributed by atoms with van der Waals surface area (Å²) in [6.45, 7) is 11.6. The molecule has 0 N–H and O–H groups in total. The zero-order valence-electron chi connectivity index (χ0n) is 35.2. The summed E-state index contributed by atoms with van der Waals surface area (Å²) >= 11 is 3.70. The predicted octanol–water partition coefficient (Wildman–Crippen LogP) is 14.3. The van der Waals surface area contributed by atoms with Crippen molar-refractivity contribution < 1.29 is 0 Å². The highest BCUT2D eigenvalue weighted by atomic mass is 32.1. The normalized spacial score (nSPS) is 14.6. The van der Waals surface area contributed by atoms with Crippen LogP contribution in [0.15, 0.2) is 152 Å². The maximum Gasteiger partial charge on any atom is 0.333 e. The summed E-state index contributed by atoms with van der Waals surface area (Å²) in [5.74, 6) is 0. The van der Waals surface area contributed by atoms with Crippen LogP contribution >= 0.6 is 22.7 Å². The fourth-order valence-corrected chi connectivity index (χ4v) is 13.4. The van der Waals surface area contributed by atoms with E-state index in [2.05, 4.69) is 196 Å². The summed E-state index contributed by atoms with van der Waals surface area (Å²) in [6.07, 6.45) is 0. The van der Waals surface area contributed by atoms with E-state index in [1.165, 1.54) is 114 Å². The van der Waals surface area contributed by atoms with Crippen LogP contribution < -0.4 is 15.7 Å². The van der Waals surface area contributed by atoms with E-state index < -0.39 is 0 Å². The second-order valence-electron chi connectivity index (χ2n) is 19.1. The molecule has 0 radical (unpaired) electrons. The van der Waals surface area contributed by atoms with Gasteiger partial charge < -0.3 is 9.38 Å². The number of thiazole rings is 1. The summed E-state index contributed by atoms with van der Waals surface area (Å²) in [6, 6.07) is 57.9. The summed E-state index contributed by atoms with van der Waals surface area (Å²) in [5, 5.41) is 6.31. The van der Waals surface area contributed by atoms with Gasteiger partial charge in [-0.3, -0.25) is 0 Å². The van der Waals surface area contributed by atoms with Gasteiger partial charge >= 0.3 is 6.85 Å². The lowest BCUT2D eigenvalue weighted by Gasteiger charge is -2.42. The third-order valence-corrected chi connectivity index (χ3v) is 16.6. The van der Waals surface area contributed by atoms with E-state index in [1.807, 2.05) is 11.3 Å². The second-order valence-corrected chi connectivity index (χ2v) is 21.3. The molecule has 5 heterocycles. The Bertz CT molecular complexity index is 3770. The number of anilines is 2. The number of fused-ring (bicyclic) bond motifs is 15. The molecule has 0 bridgehead atoms. The Morgan fingerprint density at radius 1 is 0.565 bits per heavy atom. The van der Waals surface area contributed by atoms with E-state index in [9.17, 15) is 0 Å². The quantitative estimate of drug-likeness (QED) is 0.162. The summed E-state index contributed by atoms with van der Waals surface area (Å²) in [4.78, 5) is 8.07. The Kier molecular flexibility index (Phi) is 6.76. The Morgan fingerprint density at radius 3 is 2.19 bits per heavy atom. The van der Waals surface area contributed by atoms with Crippen LogP contribution in [0.3, 0.4) is 0 Å². The maximum absolute atomic E-state index is 5.38. The van der Waals surface area contributed by atoms with Gasteiger partial charge in [0, 0.05) is 64.5 Å². The van der Waals surface area contributed by atoms with Gasteiger partial charge in [-0.2, -0.15) is 0 Å². The summed E-state index contributed by atoms with van der Waals surface area (Å²) in [7, 11) is 0. The average Bonchev–Trinajstić information content (AvgIpc) is 4.02. The molecule has 0 atom stereocenters. The number of nitrogens with zero attached hydrogens (tertiary/aromatic N) is 3. The highest BCUT2D eigenvalue weighted by molar-refractivity contribution is 7.26. The standard InChI is InChI=1S/C56H40BN3S2/c1-55(2,3)32-19-21-33(22-20-32)60-47-26-38-34-15-9-11-17-42(34)56(4,5)43(38)25-39(47)36-23-24-37-40-28-50-41(35-16-10-12-18-49(35)61-50)27-46(40)59-48-30-51-45(29-44(48)57(60)52(36)53(37)59)58-54(62-51)31-13-7-6-8-14-31/h6-30H,1-5H3. The molecule has 1 aliphatic carbocycles. The van der Waals surface area contributed by atoms with Crippen molar-refractivity contribution in [2.24, 2.45) is 0 Å². The van der Waals surface area contributed by atoms with Crippen LogP contribution in [0, 0.1) is 0 Å². The number of hydrogen-bond acceptors (Lipinski definition) is 4. The molecule has 0 saturated heterocycles. The number of benzene rings is 8. The average molecular weight is 830 g/mol. The molecule has 2 aliphatic heterocycles. The van der Waals surface area contributed by atoms with Crippen LogP contribution in [-0.4, -0.2) is 16.4 Å². The summed E-state index contributed by atoms with van der Waals surface area (Å²) in [5.41, 5.74) is 20.5. The van der Waals surface area contributed by atoms with Crippen LogP contribution in [0.4, 0.5) is 11.4 Å². The van der Waals surface area contributed by atoms with Crippen LogP contribution in [0.25, 0.3) is 90.7 Å². The van der Waals surface area contributed by atoms with Gasteiger partial charge in [0.15, 0.2) is 0 Å². The minimum atomic E-state index is -0.124. The van der Waals surface area contributed by atoms with Gasteiger partial charge in [0.2, 0.25) is 0 Å². The predicted molar refractivity (Wildman–Crippen MR) is 268 cm³/mol. The molecule has 3 aliphatic rings. The first-order valence-electron chi connectivity index (χ1n) is 21.7. The van der Waals surface area contributed by atoms with Crippen LogP contribution in [0.2, 0.25) is 0 Å². The van der Waals surface area contributed by atoms with Crippen LogP contribution in [0.1, 0.15) is 51.3 Å². The molecule has 6 heteroatoms. The lowest BCUT2D eigenvalue weighted by molar-refractivity contribution is 0.590. The van der Waals surface area contributed by atoms with Crippen LogP contribution in [0.5, 0.6) is 0 Å². The summed E-state index contributed by atoms with van der Waals surface area (Å²) < 4.78 is 6.49. The Hall–Kier alpha value is -6.47. The van der Waals surface area contributed by atoms with Crippen LogP contribution in [-0.2, 0) is 10.8 Å². The van der Waals surface area contributed by atoms with Crippen molar-refractivity contribution in [1.82, 2.24) is 9.55 Å². The van der Waals surface area contributed by atoms with E-state index >= 15 is 0 Å². The van der Waals surface area contributed by atoms with Crippen molar-refractivity contribution in [2.45, 2.75) is 45.4 Å². The lowest BCUT2D eigenvalue weighted by atomic mass is 9.44. The zero-order chi connectivity index (χ0) is 41.4. The SMILES string of the molecule is CC(C)(C)c1ccc(N2B3c4cc5nc(-c6ccccc6)sc5cc4-n4c5cc6c(cc5c5ccc(c3c54)-c3cc4c(cc32)-c2ccccc2C4(C)C)sc2ccccc26)cc1. The third kappa shape index (κ3) is 4.53. The van der Waals surface area contributed by atoms with E-state index in [0.29, 0.717) is 0 Å². The Morgan fingerprint density at radius 2 is 1.35 bits per heavy atom. The Labute approximate surface area is 368 Å². The molecule has 3 nitrogen and oxygen atoms in total. The molecular weight excluding hydrogens is 790 g/mol. The number of hydrogen-bond donors (Lipinski definition) is 0. The molecule has 294 valence electrons. The number of rotatable bonds is 2. The molecule has 8 aromatic carbocycles. The fraction of sp³-hybridized carbons (Fsp3) is 0.125. The molecule has 0 amide bonds. The van der Waals surface area contributed by atoms with Crippen molar-refractivity contribution in [3.05, 3.63) is 168 Å². The van der Waals surface area contributed by atoms with Gasteiger partial charge in [0.25, 0.3) is 0 Å². The number of thiophene rings is 1. The maximum atomic E-state index is 5.38. The largest absolute Gasteiger partial charge is 0.376 e. The smallest absolute Gasteiger partial charge is 0.333 e. The first-order chi connectivity index (χ1) is 30.1. The molecule has 3 aromatic heterocycles. The molecule has 11 aromatic rings. The molecule has 0 spiro atoms. The lowest BCUT2D eigenvalue weighted by Crippen LogP contribution is -2.60.